The molecule has 38 heavy (non-hydrogen) atoms. The zero-order valence-electron chi connectivity index (χ0n) is 22.6. The molecule has 2 aromatic heterocycles. The average Bonchev–Trinajstić information content (AvgIpc) is 3.34. The summed E-state index contributed by atoms with van der Waals surface area (Å²) in [6.07, 6.45) is 6.50. The second-order valence-corrected chi connectivity index (χ2v) is 11.4. The van der Waals surface area contributed by atoms with Crippen molar-refractivity contribution in [1.82, 2.24) is 19.9 Å². The number of nitrogens with one attached hydrogen (secondary N) is 1. The number of pyridine rings is 1. The third-order valence-electron chi connectivity index (χ3n) is 6.54. The summed E-state index contributed by atoms with van der Waals surface area (Å²) in [5, 5.41) is 13.7. The van der Waals surface area contributed by atoms with Crippen molar-refractivity contribution >= 4 is 23.6 Å². The standard InChI is InChI=1S/C28H36ClN5O4/c1-17(2)25-18(13-30-14-19(25)23-7-6-11-34(23)27(36)38-28(3,4)5)8-9-21-20(29)15-31-26(32-21)33-22-10-12-37-16-24(22)35/h13-15,17,22-24,35H,6-7,10-12,16H2,1-5H3,(H,31,32,33)/t22-,23?,24-/m1/s1. The van der Waals surface area contributed by atoms with Crippen LogP contribution in [0.5, 0.6) is 0 Å². The number of amides is 1. The topological polar surface area (TPSA) is 110 Å². The van der Waals surface area contributed by atoms with Gasteiger partial charge in [0.2, 0.25) is 5.95 Å². The summed E-state index contributed by atoms with van der Waals surface area (Å²) < 4.78 is 11.0. The molecular weight excluding hydrogens is 506 g/mol. The molecule has 204 valence electrons. The van der Waals surface area contributed by atoms with Crippen LogP contribution < -0.4 is 5.32 Å². The highest BCUT2D eigenvalue weighted by Crippen LogP contribution is 2.38. The number of halogens is 1. The Kier molecular flexibility index (Phi) is 8.76. The molecule has 2 aromatic rings. The summed E-state index contributed by atoms with van der Waals surface area (Å²) in [6.45, 7) is 11.3. The third kappa shape index (κ3) is 6.73. The molecule has 3 atom stereocenters. The van der Waals surface area contributed by atoms with Gasteiger partial charge in [-0.2, -0.15) is 0 Å². The Morgan fingerprint density at radius 1 is 1.26 bits per heavy atom. The fourth-order valence-corrected chi connectivity index (χ4v) is 4.97. The molecule has 0 bridgehead atoms. The van der Waals surface area contributed by atoms with Crippen LogP contribution >= 0.6 is 11.6 Å². The van der Waals surface area contributed by atoms with E-state index >= 15 is 0 Å². The minimum Gasteiger partial charge on any atom is -0.444 e. The zero-order valence-corrected chi connectivity index (χ0v) is 23.4. The molecule has 0 saturated carbocycles. The van der Waals surface area contributed by atoms with Crippen molar-refractivity contribution in [3.8, 4) is 11.8 Å². The van der Waals surface area contributed by atoms with Gasteiger partial charge in [0.15, 0.2) is 0 Å². The summed E-state index contributed by atoms with van der Waals surface area (Å²) in [5.74, 6) is 6.80. The Bertz CT molecular complexity index is 1220. The minimum absolute atomic E-state index is 0.124. The Hall–Kier alpha value is -2.93. The maximum absolute atomic E-state index is 13.0. The van der Waals surface area contributed by atoms with Crippen molar-refractivity contribution in [1.29, 1.82) is 0 Å². The number of rotatable bonds is 4. The van der Waals surface area contributed by atoms with Gasteiger partial charge < -0.3 is 24.8 Å². The van der Waals surface area contributed by atoms with Gasteiger partial charge in [0.25, 0.3) is 0 Å². The van der Waals surface area contributed by atoms with Crippen LogP contribution in [0, 0.1) is 11.8 Å². The molecule has 2 aliphatic heterocycles. The van der Waals surface area contributed by atoms with Crippen LogP contribution in [0.25, 0.3) is 0 Å². The summed E-state index contributed by atoms with van der Waals surface area (Å²) in [5.41, 5.74) is 2.60. The SMILES string of the molecule is CC(C)c1c(C#Cc2nc(N[C@@H]3CCOC[C@H]3O)ncc2Cl)cncc1C1CCCN1C(=O)OC(C)(C)C. The van der Waals surface area contributed by atoms with E-state index in [2.05, 4.69) is 46.0 Å². The van der Waals surface area contributed by atoms with Gasteiger partial charge in [-0.1, -0.05) is 31.4 Å². The van der Waals surface area contributed by atoms with Crippen molar-refractivity contribution in [3.05, 3.63) is 46.0 Å². The van der Waals surface area contributed by atoms with Crippen molar-refractivity contribution in [2.45, 2.75) is 83.6 Å². The van der Waals surface area contributed by atoms with Crippen molar-refractivity contribution in [2.24, 2.45) is 0 Å². The molecular formula is C28H36ClN5O4. The van der Waals surface area contributed by atoms with Gasteiger partial charge in [0.05, 0.1) is 36.0 Å². The maximum Gasteiger partial charge on any atom is 0.410 e. The van der Waals surface area contributed by atoms with Crippen LogP contribution in [-0.2, 0) is 9.47 Å². The highest BCUT2D eigenvalue weighted by molar-refractivity contribution is 6.31. The lowest BCUT2D eigenvalue weighted by atomic mass is 9.90. The third-order valence-corrected chi connectivity index (χ3v) is 6.81. The van der Waals surface area contributed by atoms with E-state index in [0.717, 1.165) is 29.5 Å². The van der Waals surface area contributed by atoms with E-state index in [-0.39, 0.29) is 30.7 Å². The van der Waals surface area contributed by atoms with Gasteiger partial charge in [-0.15, -0.1) is 0 Å². The van der Waals surface area contributed by atoms with E-state index in [9.17, 15) is 9.90 Å². The van der Waals surface area contributed by atoms with Gasteiger partial charge in [-0.25, -0.2) is 14.8 Å². The number of carbonyl (C=O) groups is 1. The number of nitrogens with zero attached hydrogens (tertiary/aromatic N) is 4. The Balaban J connectivity index is 1.63. The van der Waals surface area contributed by atoms with Gasteiger partial charge in [-0.3, -0.25) is 4.98 Å². The van der Waals surface area contributed by atoms with E-state index in [4.69, 9.17) is 21.1 Å². The fraction of sp³-hybridized carbons (Fsp3) is 0.571. The number of aliphatic hydroxyl groups excluding tert-OH is 1. The molecule has 0 aromatic carbocycles. The quantitative estimate of drug-likeness (QED) is 0.537. The van der Waals surface area contributed by atoms with Gasteiger partial charge in [-0.05, 0) is 63.0 Å². The normalized spacial score (nSPS) is 21.7. The molecule has 2 fully saturated rings. The van der Waals surface area contributed by atoms with Crippen LogP contribution in [0.3, 0.4) is 0 Å². The van der Waals surface area contributed by atoms with E-state index < -0.39 is 11.7 Å². The van der Waals surface area contributed by atoms with Gasteiger partial charge in [0.1, 0.15) is 11.3 Å². The number of hydrogen-bond donors (Lipinski definition) is 2. The lowest BCUT2D eigenvalue weighted by Gasteiger charge is -2.30. The number of ether oxygens (including phenoxy) is 2. The Morgan fingerprint density at radius 3 is 2.76 bits per heavy atom. The van der Waals surface area contributed by atoms with Crippen molar-refractivity contribution in [2.75, 3.05) is 25.1 Å². The summed E-state index contributed by atoms with van der Waals surface area (Å²) in [6, 6.07) is -0.334. The molecule has 0 aliphatic carbocycles. The zero-order chi connectivity index (χ0) is 27.4. The van der Waals surface area contributed by atoms with Crippen LogP contribution in [0.1, 0.15) is 88.2 Å². The smallest absolute Gasteiger partial charge is 0.410 e. The first kappa shape index (κ1) is 28.1. The molecule has 9 nitrogen and oxygen atoms in total. The molecule has 4 heterocycles. The van der Waals surface area contributed by atoms with E-state index in [1.165, 1.54) is 6.20 Å². The number of anilines is 1. The van der Waals surface area contributed by atoms with Gasteiger partial charge >= 0.3 is 6.09 Å². The van der Waals surface area contributed by atoms with E-state index in [0.29, 0.717) is 36.2 Å². The number of likely N-dealkylation sites (tertiary alicyclic amines) is 1. The van der Waals surface area contributed by atoms with Crippen LogP contribution in [0.4, 0.5) is 10.7 Å². The molecule has 1 unspecified atom stereocenters. The average molecular weight is 542 g/mol. The van der Waals surface area contributed by atoms with E-state index in [1.807, 2.05) is 27.0 Å². The fourth-order valence-electron chi connectivity index (χ4n) is 4.83. The summed E-state index contributed by atoms with van der Waals surface area (Å²) in [7, 11) is 0. The van der Waals surface area contributed by atoms with Crippen molar-refractivity contribution < 1.29 is 19.4 Å². The summed E-state index contributed by atoms with van der Waals surface area (Å²) >= 11 is 6.38. The highest BCUT2D eigenvalue weighted by Gasteiger charge is 2.35. The largest absolute Gasteiger partial charge is 0.444 e. The minimum atomic E-state index is -0.643. The molecule has 1 amide bonds. The predicted octanol–water partition coefficient (Wildman–Crippen LogP) is 4.68. The van der Waals surface area contributed by atoms with Crippen LogP contribution in [-0.4, -0.2) is 68.6 Å². The first-order chi connectivity index (χ1) is 18.0. The van der Waals surface area contributed by atoms with Crippen LogP contribution in [0.2, 0.25) is 5.02 Å². The molecule has 10 heteroatoms. The maximum atomic E-state index is 13.0. The molecule has 0 spiro atoms. The molecule has 4 rings (SSSR count). The molecule has 2 saturated heterocycles. The second kappa shape index (κ2) is 11.9. The number of aromatic nitrogens is 3. The van der Waals surface area contributed by atoms with Gasteiger partial charge in [0, 0.05) is 31.1 Å². The monoisotopic (exact) mass is 541 g/mol. The highest BCUT2D eigenvalue weighted by atomic mass is 35.5. The Labute approximate surface area is 229 Å². The molecule has 0 radical (unpaired) electrons. The van der Waals surface area contributed by atoms with Crippen LogP contribution in [0.15, 0.2) is 18.6 Å². The predicted molar refractivity (Wildman–Crippen MR) is 145 cm³/mol. The molecule has 2 N–H and O–H groups in total. The first-order valence-electron chi connectivity index (χ1n) is 13.1. The molecule has 2 aliphatic rings. The summed E-state index contributed by atoms with van der Waals surface area (Å²) in [4.78, 5) is 28.0. The lowest BCUT2D eigenvalue weighted by Crippen LogP contribution is -2.42. The number of carbonyl (C=O) groups excluding carboxylic acids is 1. The Morgan fingerprint density at radius 2 is 2.05 bits per heavy atom. The van der Waals surface area contributed by atoms with Crippen molar-refractivity contribution in [3.63, 3.8) is 0 Å². The van der Waals surface area contributed by atoms with E-state index in [1.54, 1.807) is 11.1 Å². The lowest BCUT2D eigenvalue weighted by molar-refractivity contribution is -0.0136. The number of aliphatic hydroxyl groups is 1. The number of hydrogen-bond acceptors (Lipinski definition) is 8. The second-order valence-electron chi connectivity index (χ2n) is 11.0. The first-order valence-corrected chi connectivity index (χ1v) is 13.5.